The Morgan fingerprint density at radius 3 is 2.82 bits per heavy atom. The summed E-state index contributed by atoms with van der Waals surface area (Å²) in [5.74, 6) is 0.692. The van der Waals surface area contributed by atoms with Gasteiger partial charge in [0.1, 0.15) is 16.9 Å². The highest BCUT2D eigenvalue weighted by molar-refractivity contribution is 7.13. The van der Waals surface area contributed by atoms with Gasteiger partial charge in [-0.25, -0.2) is 9.78 Å². The van der Waals surface area contributed by atoms with Crippen molar-refractivity contribution in [3.05, 3.63) is 29.3 Å². The van der Waals surface area contributed by atoms with Crippen LogP contribution in [-0.4, -0.2) is 42.3 Å². The molecular formula is C15H17N3O3S. The summed E-state index contributed by atoms with van der Waals surface area (Å²) >= 11 is 1.57. The van der Waals surface area contributed by atoms with E-state index in [0.717, 1.165) is 16.3 Å². The molecule has 0 atom stereocenters. The van der Waals surface area contributed by atoms with Crippen LogP contribution in [0.3, 0.4) is 0 Å². The molecule has 1 aromatic carbocycles. The lowest BCUT2D eigenvalue weighted by Gasteiger charge is -2.37. The van der Waals surface area contributed by atoms with Crippen LogP contribution in [0.25, 0.3) is 10.6 Å². The van der Waals surface area contributed by atoms with Crippen LogP contribution >= 0.6 is 11.3 Å². The maximum absolute atomic E-state index is 11.3. The summed E-state index contributed by atoms with van der Waals surface area (Å²) in [6.07, 6.45) is -0.363. The fourth-order valence-electron chi connectivity index (χ4n) is 2.28. The largest absolute Gasteiger partial charge is 0.487 e. The molecule has 1 aliphatic heterocycles. The van der Waals surface area contributed by atoms with E-state index in [2.05, 4.69) is 9.72 Å². The molecule has 6 nitrogen and oxygen atoms in total. The van der Waals surface area contributed by atoms with E-state index in [4.69, 9.17) is 10.5 Å². The third kappa shape index (κ3) is 2.99. The lowest BCUT2D eigenvalue weighted by atomic mass is 10.1. The molecule has 1 saturated heterocycles. The Morgan fingerprint density at radius 1 is 1.41 bits per heavy atom. The molecule has 22 heavy (non-hydrogen) atoms. The summed E-state index contributed by atoms with van der Waals surface area (Å²) < 4.78 is 10.5. The maximum atomic E-state index is 11.3. The molecule has 2 N–H and O–H groups in total. The number of ether oxygens (including phenoxy) is 2. The van der Waals surface area contributed by atoms with Gasteiger partial charge >= 0.3 is 6.09 Å². The van der Waals surface area contributed by atoms with Gasteiger partial charge in [-0.05, 0) is 19.1 Å². The summed E-state index contributed by atoms with van der Waals surface area (Å²) in [4.78, 5) is 17.4. The number of anilines is 1. The molecule has 7 heteroatoms. The number of benzene rings is 1. The molecule has 1 fully saturated rings. The second kappa shape index (κ2) is 5.84. The lowest BCUT2D eigenvalue weighted by Crippen LogP contribution is -2.56. The van der Waals surface area contributed by atoms with Crippen molar-refractivity contribution in [3.8, 4) is 16.3 Å². The molecule has 0 spiro atoms. The van der Waals surface area contributed by atoms with Crippen LogP contribution < -0.4 is 10.5 Å². The Hall–Kier alpha value is -2.28. The van der Waals surface area contributed by atoms with Crippen molar-refractivity contribution in [2.24, 2.45) is 0 Å². The van der Waals surface area contributed by atoms with E-state index in [1.165, 1.54) is 7.11 Å². The van der Waals surface area contributed by atoms with Gasteiger partial charge in [0.15, 0.2) is 0 Å². The number of nitrogen functional groups attached to an aromatic ring is 1. The third-order valence-corrected chi connectivity index (χ3v) is 4.39. The number of nitrogens with two attached hydrogens (primary N) is 1. The zero-order valence-corrected chi connectivity index (χ0v) is 13.2. The highest BCUT2D eigenvalue weighted by atomic mass is 32.1. The molecule has 0 unspecified atom stereocenters. The maximum Gasteiger partial charge on any atom is 0.409 e. The molecule has 0 saturated carbocycles. The number of carbonyl (C=O) groups is 1. The number of carbonyl (C=O) groups excluding carboxylic acids is 1. The Morgan fingerprint density at radius 2 is 2.18 bits per heavy atom. The van der Waals surface area contributed by atoms with Crippen molar-refractivity contribution < 1.29 is 14.3 Å². The highest BCUT2D eigenvalue weighted by Crippen LogP contribution is 2.30. The van der Waals surface area contributed by atoms with Gasteiger partial charge in [-0.2, -0.15) is 0 Å². The second-order valence-corrected chi connectivity index (χ2v) is 6.06. The van der Waals surface area contributed by atoms with Gasteiger partial charge in [-0.1, -0.05) is 0 Å². The van der Waals surface area contributed by atoms with E-state index >= 15 is 0 Å². The summed E-state index contributed by atoms with van der Waals surface area (Å²) in [5.41, 5.74) is 8.50. The number of aromatic nitrogens is 1. The van der Waals surface area contributed by atoms with Crippen LogP contribution in [0.5, 0.6) is 5.75 Å². The minimum absolute atomic E-state index is 0.0354. The topological polar surface area (TPSA) is 77.7 Å². The molecule has 3 rings (SSSR count). The summed E-state index contributed by atoms with van der Waals surface area (Å²) in [5, 5.41) is 2.92. The van der Waals surface area contributed by atoms with Crippen molar-refractivity contribution in [1.82, 2.24) is 9.88 Å². The van der Waals surface area contributed by atoms with E-state index in [1.54, 1.807) is 22.3 Å². The molecule has 2 heterocycles. The van der Waals surface area contributed by atoms with Crippen LogP contribution in [0, 0.1) is 6.92 Å². The number of thiazole rings is 1. The quantitative estimate of drug-likeness (QED) is 0.880. The zero-order chi connectivity index (χ0) is 15.7. The molecule has 0 radical (unpaired) electrons. The Labute approximate surface area is 132 Å². The van der Waals surface area contributed by atoms with Gasteiger partial charge in [0.05, 0.1) is 20.2 Å². The first-order valence-corrected chi connectivity index (χ1v) is 7.75. The van der Waals surface area contributed by atoms with Gasteiger partial charge in [0.2, 0.25) is 0 Å². The number of nitrogens with zero attached hydrogens (tertiary/aromatic N) is 2. The van der Waals surface area contributed by atoms with Gasteiger partial charge in [-0.3, -0.25) is 0 Å². The van der Waals surface area contributed by atoms with Crippen molar-refractivity contribution in [1.29, 1.82) is 0 Å². The third-order valence-electron chi connectivity index (χ3n) is 3.38. The van der Waals surface area contributed by atoms with E-state index in [0.29, 0.717) is 24.5 Å². The number of likely N-dealkylation sites (tertiary alicyclic amines) is 1. The van der Waals surface area contributed by atoms with E-state index < -0.39 is 0 Å². The first kappa shape index (κ1) is 14.6. The molecule has 1 aliphatic rings. The molecule has 2 aromatic rings. The van der Waals surface area contributed by atoms with Gasteiger partial charge < -0.3 is 20.1 Å². The molecular weight excluding hydrogens is 302 g/mol. The first-order chi connectivity index (χ1) is 10.5. The number of aryl methyl sites for hydroxylation is 1. The smallest absolute Gasteiger partial charge is 0.409 e. The zero-order valence-electron chi connectivity index (χ0n) is 12.4. The summed E-state index contributed by atoms with van der Waals surface area (Å²) in [6, 6.07) is 5.59. The SMILES string of the molecule is COC(=O)N1CC(Oc2cc(N)cc(-c3nc(C)cs3)c2)C1. The van der Waals surface area contributed by atoms with Crippen molar-refractivity contribution in [2.45, 2.75) is 13.0 Å². The minimum Gasteiger partial charge on any atom is -0.487 e. The van der Waals surface area contributed by atoms with Crippen LogP contribution in [0.1, 0.15) is 5.69 Å². The number of rotatable bonds is 3. The van der Waals surface area contributed by atoms with Crippen molar-refractivity contribution >= 4 is 23.1 Å². The normalized spacial score (nSPS) is 14.5. The Bertz CT molecular complexity index is 695. The average molecular weight is 319 g/mol. The molecule has 0 bridgehead atoms. The van der Waals surface area contributed by atoms with Gasteiger partial charge in [0, 0.05) is 28.4 Å². The lowest BCUT2D eigenvalue weighted by molar-refractivity contribution is 0.0183. The molecule has 0 aliphatic carbocycles. The number of hydrogen-bond acceptors (Lipinski definition) is 6. The number of hydrogen-bond donors (Lipinski definition) is 1. The van der Waals surface area contributed by atoms with E-state index in [9.17, 15) is 4.79 Å². The van der Waals surface area contributed by atoms with Crippen LogP contribution in [0.2, 0.25) is 0 Å². The van der Waals surface area contributed by atoms with Crippen molar-refractivity contribution in [2.75, 3.05) is 25.9 Å². The average Bonchev–Trinajstić information content (AvgIpc) is 2.88. The summed E-state index contributed by atoms with van der Waals surface area (Å²) in [6.45, 7) is 3.00. The van der Waals surface area contributed by atoms with Crippen LogP contribution in [-0.2, 0) is 4.74 Å². The molecule has 116 valence electrons. The van der Waals surface area contributed by atoms with Crippen molar-refractivity contribution in [3.63, 3.8) is 0 Å². The van der Waals surface area contributed by atoms with Gasteiger partial charge in [-0.15, -0.1) is 11.3 Å². The van der Waals surface area contributed by atoms with Gasteiger partial charge in [0.25, 0.3) is 0 Å². The number of methoxy groups -OCH3 is 1. The monoisotopic (exact) mass is 319 g/mol. The minimum atomic E-state index is -0.327. The highest BCUT2D eigenvalue weighted by Gasteiger charge is 2.33. The van der Waals surface area contributed by atoms with Crippen LogP contribution in [0.15, 0.2) is 23.6 Å². The van der Waals surface area contributed by atoms with Crippen LogP contribution in [0.4, 0.5) is 10.5 Å². The fraction of sp³-hybridized carbons (Fsp3) is 0.333. The Kier molecular flexibility index (Phi) is 3.89. The predicted molar refractivity (Wildman–Crippen MR) is 85.1 cm³/mol. The standard InChI is InChI=1S/C15H17N3O3S/c1-9-8-22-14(17-9)10-3-11(16)5-12(4-10)21-13-6-18(7-13)15(19)20-2/h3-5,8,13H,6-7,16H2,1-2H3. The first-order valence-electron chi connectivity index (χ1n) is 6.88. The second-order valence-electron chi connectivity index (χ2n) is 5.20. The summed E-state index contributed by atoms with van der Waals surface area (Å²) in [7, 11) is 1.37. The fourth-order valence-corrected chi connectivity index (χ4v) is 3.07. The van der Waals surface area contributed by atoms with E-state index in [1.807, 2.05) is 24.4 Å². The van der Waals surface area contributed by atoms with E-state index in [-0.39, 0.29) is 12.2 Å². The predicted octanol–water partition coefficient (Wildman–Crippen LogP) is 2.53. The number of amides is 1. The Balaban J connectivity index is 1.70. The molecule has 1 amide bonds. The molecule has 1 aromatic heterocycles.